The van der Waals surface area contributed by atoms with Crippen molar-refractivity contribution in [1.29, 1.82) is 0 Å². The van der Waals surface area contributed by atoms with Crippen molar-refractivity contribution in [3.63, 3.8) is 0 Å². The van der Waals surface area contributed by atoms with Crippen LogP contribution in [-0.2, 0) is 44.9 Å². The molecule has 0 unspecified atom stereocenters. The van der Waals surface area contributed by atoms with Crippen LogP contribution in [0.5, 0.6) is 17.2 Å². The number of aromatic nitrogens is 6. The first-order valence-corrected chi connectivity index (χ1v) is 50.3. The number of hydrogen-bond donors (Lipinski definition) is 3. The molecule has 6 heterocycles. The van der Waals surface area contributed by atoms with Gasteiger partial charge in [0.2, 0.25) is 0 Å². The Balaban J connectivity index is 0.000000159. The third kappa shape index (κ3) is 19.0. The van der Waals surface area contributed by atoms with E-state index in [1.54, 1.807) is 12.1 Å². The molecule has 0 spiro atoms. The van der Waals surface area contributed by atoms with Crippen LogP contribution in [0, 0.1) is 57.9 Å². The molecule has 3 fully saturated rings. The predicted molar refractivity (Wildman–Crippen MR) is 438 cm³/mol. The fourth-order valence-electron chi connectivity index (χ4n) is 13.8. The van der Waals surface area contributed by atoms with Crippen LogP contribution in [-0.4, -0.2) is 75.8 Å². The van der Waals surface area contributed by atoms with Crippen molar-refractivity contribution in [2.24, 2.45) is 34.0 Å². The first-order chi connectivity index (χ1) is 53.9. The molecule has 0 aliphatic heterocycles. The van der Waals surface area contributed by atoms with Crippen molar-refractivity contribution in [3.05, 3.63) is 235 Å². The van der Waals surface area contributed by atoms with Crippen LogP contribution in [0.25, 0.3) is 49.8 Å². The van der Waals surface area contributed by atoms with E-state index in [9.17, 15) is 44.0 Å². The Morgan fingerprint density at radius 2 is 0.737 bits per heavy atom. The van der Waals surface area contributed by atoms with Crippen LogP contribution in [0.3, 0.4) is 0 Å². The van der Waals surface area contributed by atoms with Gasteiger partial charge < -0.3 is 34.2 Å². The van der Waals surface area contributed by atoms with Crippen molar-refractivity contribution in [2.45, 2.75) is 127 Å². The number of pyridine rings is 3. The van der Waals surface area contributed by atoms with Gasteiger partial charge in [-0.3, -0.25) is 42.3 Å². The molecule has 6 aromatic heterocycles. The summed E-state index contributed by atoms with van der Waals surface area (Å²) in [6.07, 6.45) is 12.4. The number of benzene rings is 6. The molecular formula is C81H84BrF3IN9O15S3Zn. The summed E-state index contributed by atoms with van der Waals surface area (Å²) in [5.74, 6) is 1.98. The molecule has 15 rings (SSSR count). The molecule has 33 heteroatoms. The summed E-state index contributed by atoms with van der Waals surface area (Å²) < 4.78 is 163. The molecule has 0 bridgehead atoms. The number of fused-ring (bicyclic) bond motifs is 3. The van der Waals surface area contributed by atoms with Gasteiger partial charge in [-0.1, -0.05) is 83.7 Å². The summed E-state index contributed by atoms with van der Waals surface area (Å²) >= 11 is 6.71. The van der Waals surface area contributed by atoms with Crippen LogP contribution in [0.4, 0.5) is 30.6 Å². The molecule has 0 atom stereocenters. The zero-order valence-electron chi connectivity index (χ0n) is 64.4. The minimum absolute atomic E-state index is 0.0277. The van der Waals surface area contributed by atoms with Crippen molar-refractivity contribution < 1.29 is 81.0 Å². The van der Waals surface area contributed by atoms with E-state index < -0.39 is 64.2 Å². The third-order valence-corrected chi connectivity index (χ3v) is 25.5. The zero-order valence-corrected chi connectivity index (χ0v) is 73.6. The van der Waals surface area contributed by atoms with Crippen molar-refractivity contribution in [2.75, 3.05) is 35.5 Å². The normalized spacial score (nSPS) is 16.4. The molecular weight excluding hydrogens is 1760 g/mol. The summed E-state index contributed by atoms with van der Waals surface area (Å²) in [6.45, 7) is 20.2. The van der Waals surface area contributed by atoms with E-state index in [0.717, 1.165) is 31.6 Å². The standard InChI is InChI=1S/2C27H28FN3O5S.C19H13BrFN3O5S.C8H15.HI.Zn/c2*1-27(2,3)18-11-17(12-18)20-14-24(35-4)23(15-21(20)28)31-22-7-6-19(13-16(22)5-8-26(31)32)37(33,34)30-25-9-10-36-29-25;1-28-17-9-13(20)14(21)10-16(17)24-15-4-3-12(8-11(15)2-5-19(24)25)30(26,27)23-18-6-7-29-22-18;1-8(2,3)7-5-4-6-7;;/h2*5-10,13-15,17-18H,11-12H2,1-4H3,(H,29,30);2-10H,1H3,(H,22,23);4,7H,5-6H2,1-3H3;1H;/q;;;-1;;+2/p-1. The molecule has 0 saturated heterocycles. The summed E-state index contributed by atoms with van der Waals surface area (Å²) in [4.78, 5) is 38.5. The average molecular weight is 1850 g/mol. The molecule has 114 heavy (non-hydrogen) atoms. The quantitative estimate of drug-likeness (QED) is 0.0433. The fraction of sp³-hybridized carbons (Fsp3) is 0.321. The van der Waals surface area contributed by atoms with Gasteiger partial charge in [0.25, 0.3) is 46.7 Å². The first-order valence-electron chi connectivity index (χ1n) is 36.0. The van der Waals surface area contributed by atoms with E-state index in [2.05, 4.69) is 148 Å². The molecule has 3 saturated carbocycles. The van der Waals surface area contributed by atoms with Crippen molar-refractivity contribution >= 4 is 116 Å². The zero-order chi connectivity index (χ0) is 82.7. The summed E-state index contributed by atoms with van der Waals surface area (Å²) in [6, 6.07) is 34.0. The third-order valence-electron chi connectivity index (χ3n) is 20.8. The van der Waals surface area contributed by atoms with E-state index in [1.807, 2.05) is 0 Å². The molecule has 598 valence electrons. The topological polar surface area (TPSA) is 310 Å². The fourth-order valence-corrected chi connectivity index (χ4v) is 17.2. The van der Waals surface area contributed by atoms with Gasteiger partial charge in [-0.05, 0) is 184 Å². The predicted octanol–water partition coefficient (Wildman–Crippen LogP) is 18.2. The number of ether oxygens (including phenoxy) is 3. The molecule has 3 aliphatic carbocycles. The van der Waals surface area contributed by atoms with Gasteiger partial charge in [-0.15, -0.1) is 0 Å². The molecule has 3 aliphatic rings. The Hall–Kier alpha value is -9.15. The molecule has 0 radical (unpaired) electrons. The number of methoxy groups -OCH3 is 3. The van der Waals surface area contributed by atoms with Gasteiger partial charge in [0.05, 0.1) is 74.1 Å². The molecule has 0 amide bonds. The second-order valence-electron chi connectivity index (χ2n) is 31.0. The number of nitrogens with zero attached hydrogens (tertiary/aromatic N) is 6. The van der Waals surface area contributed by atoms with Crippen LogP contribution in [0.1, 0.15) is 124 Å². The maximum absolute atomic E-state index is 15.4. The summed E-state index contributed by atoms with van der Waals surface area (Å²) in [7, 11) is -7.48. The monoisotopic (exact) mass is 1850 g/mol. The van der Waals surface area contributed by atoms with E-state index in [0.29, 0.717) is 72.6 Å². The molecule has 6 aromatic carbocycles. The maximum atomic E-state index is 15.4. The van der Waals surface area contributed by atoms with Gasteiger partial charge in [-0.2, -0.15) is 12.8 Å². The Morgan fingerprint density at radius 3 is 0.991 bits per heavy atom. The van der Waals surface area contributed by atoms with Gasteiger partial charge in [-0.25, -0.2) is 38.4 Å². The van der Waals surface area contributed by atoms with Crippen LogP contribution in [0.2, 0.25) is 0 Å². The number of sulfonamides is 3. The van der Waals surface area contributed by atoms with Gasteiger partial charge in [0.1, 0.15) is 53.5 Å². The van der Waals surface area contributed by atoms with Crippen molar-refractivity contribution in [1.82, 2.24) is 29.2 Å². The number of anilines is 3. The SMILES string of the molecule is CC(C)(C)C1C[CH-]C1.COc1cc(Br)c(F)cc1-n1c(=O)ccc2cc(S(=O)(=O)Nc3ccon3)ccc21.COc1cc(C2CC(C(C)(C)C)C2)c(F)cc1-n1c(=O)ccc2cc(S(=O)(=O)Nc3ccon3)ccc21.COc1cc(C2CC(C(C)(C)C)C2)c(F)cc1-n1c(=O)ccc2cc(S(=O)(=O)Nc3ccon3)ccc21.[Zn+][I]. The molecule has 12 aromatic rings. The number of nitrogens with one attached hydrogen (secondary N) is 3. The Labute approximate surface area is 686 Å². The van der Waals surface area contributed by atoms with Crippen LogP contribution >= 0.6 is 35.7 Å². The van der Waals surface area contributed by atoms with Gasteiger partial charge in [0, 0.05) is 70.8 Å². The molecule has 24 nitrogen and oxygen atoms in total. The van der Waals surface area contributed by atoms with E-state index in [1.165, 1.54) is 215 Å². The second kappa shape index (κ2) is 34.7. The first kappa shape index (κ1) is 85.7. The Morgan fingerprint density at radius 1 is 0.439 bits per heavy atom. The minimum atomic E-state index is -3.95. The van der Waals surface area contributed by atoms with E-state index in [-0.39, 0.29) is 82.1 Å². The second-order valence-corrected chi connectivity index (χ2v) is 36.9. The van der Waals surface area contributed by atoms with E-state index in [4.69, 9.17) is 14.2 Å². The van der Waals surface area contributed by atoms with Crippen LogP contribution < -0.4 is 45.1 Å². The Kier molecular flexibility index (Phi) is 26.1. The van der Waals surface area contributed by atoms with Crippen molar-refractivity contribution in [3.8, 4) is 34.3 Å². The van der Waals surface area contributed by atoms with Gasteiger partial charge in [0.15, 0.2) is 17.5 Å². The number of halogens is 5. The Bertz CT molecular complexity index is 5810. The number of rotatable bonds is 17. The van der Waals surface area contributed by atoms with Crippen LogP contribution in [0.15, 0.2) is 211 Å². The summed E-state index contributed by atoms with van der Waals surface area (Å²) in [5, 5.41) is 12.1. The number of hydrogen-bond acceptors (Lipinski definition) is 18. The average Bonchev–Trinajstić information content (AvgIpc) is 1.11. The van der Waals surface area contributed by atoms with E-state index >= 15 is 8.78 Å². The summed E-state index contributed by atoms with van der Waals surface area (Å²) in [5.41, 5.74) is 2.74. The molecule has 3 N–H and O–H groups in total. The van der Waals surface area contributed by atoms with Gasteiger partial charge >= 0.3 is 34.5 Å².